The molecular formula is C13H10BrN5. The molecule has 6 heteroatoms. The predicted octanol–water partition coefficient (Wildman–Crippen LogP) is 2.88. The van der Waals surface area contributed by atoms with Crippen LogP contribution >= 0.6 is 15.9 Å². The van der Waals surface area contributed by atoms with Crippen LogP contribution in [0.2, 0.25) is 0 Å². The molecule has 0 amide bonds. The van der Waals surface area contributed by atoms with Crippen molar-refractivity contribution >= 4 is 21.7 Å². The zero-order valence-corrected chi connectivity index (χ0v) is 11.4. The zero-order valence-electron chi connectivity index (χ0n) is 9.84. The molecule has 0 radical (unpaired) electrons. The molecule has 2 heterocycles. The van der Waals surface area contributed by atoms with Gasteiger partial charge in [-0.1, -0.05) is 30.3 Å². The third-order valence-electron chi connectivity index (χ3n) is 2.66. The monoisotopic (exact) mass is 315 g/mol. The summed E-state index contributed by atoms with van der Waals surface area (Å²) in [4.78, 5) is 15.8. The lowest BCUT2D eigenvalue weighted by atomic mass is 10.2. The Labute approximate surface area is 118 Å². The van der Waals surface area contributed by atoms with E-state index >= 15 is 0 Å². The summed E-state index contributed by atoms with van der Waals surface area (Å²) in [7, 11) is 0. The van der Waals surface area contributed by atoms with Gasteiger partial charge in [-0.2, -0.15) is 0 Å². The van der Waals surface area contributed by atoms with Crippen molar-refractivity contribution in [1.82, 2.24) is 19.9 Å². The number of hydrogen-bond donors (Lipinski definition) is 2. The summed E-state index contributed by atoms with van der Waals surface area (Å²) < 4.78 is 0.620. The lowest BCUT2D eigenvalue weighted by Crippen LogP contribution is -1.98. The molecule has 0 unspecified atom stereocenters. The SMILES string of the molecule is Nc1ncc(Br)nc1-c1ncc(-c2ccccc2)[nH]1. The average Bonchev–Trinajstić information content (AvgIpc) is 2.92. The number of nitrogens with two attached hydrogens (primary N) is 1. The maximum absolute atomic E-state index is 5.81. The van der Waals surface area contributed by atoms with Crippen molar-refractivity contribution in [3.63, 3.8) is 0 Å². The Morgan fingerprint density at radius 3 is 2.63 bits per heavy atom. The average molecular weight is 316 g/mol. The summed E-state index contributed by atoms with van der Waals surface area (Å²) in [5.41, 5.74) is 8.33. The molecule has 0 bridgehead atoms. The lowest BCUT2D eigenvalue weighted by molar-refractivity contribution is 1.14. The molecule has 0 fully saturated rings. The van der Waals surface area contributed by atoms with Gasteiger partial charge < -0.3 is 10.7 Å². The highest BCUT2D eigenvalue weighted by Crippen LogP contribution is 2.24. The first-order valence-corrected chi connectivity index (χ1v) is 6.42. The number of nitrogens with one attached hydrogen (secondary N) is 1. The highest BCUT2D eigenvalue weighted by atomic mass is 79.9. The number of aromatic amines is 1. The number of rotatable bonds is 2. The number of imidazole rings is 1. The van der Waals surface area contributed by atoms with Crippen LogP contribution in [0.1, 0.15) is 0 Å². The van der Waals surface area contributed by atoms with Crippen molar-refractivity contribution in [2.45, 2.75) is 0 Å². The number of nitrogens with zero attached hydrogens (tertiary/aromatic N) is 3. The van der Waals surface area contributed by atoms with Crippen LogP contribution in [0.5, 0.6) is 0 Å². The topological polar surface area (TPSA) is 80.5 Å². The third-order valence-corrected chi connectivity index (χ3v) is 3.04. The Hall–Kier alpha value is -2.21. The summed E-state index contributed by atoms with van der Waals surface area (Å²) >= 11 is 3.27. The van der Waals surface area contributed by atoms with E-state index in [1.54, 1.807) is 12.4 Å². The van der Waals surface area contributed by atoms with Crippen LogP contribution in [0, 0.1) is 0 Å². The largest absolute Gasteiger partial charge is 0.382 e. The molecule has 94 valence electrons. The molecule has 3 N–H and O–H groups in total. The van der Waals surface area contributed by atoms with Gasteiger partial charge in [-0.3, -0.25) is 0 Å². The van der Waals surface area contributed by atoms with Gasteiger partial charge in [0.1, 0.15) is 10.3 Å². The van der Waals surface area contributed by atoms with Gasteiger partial charge in [-0.25, -0.2) is 15.0 Å². The van der Waals surface area contributed by atoms with Gasteiger partial charge in [-0.15, -0.1) is 0 Å². The van der Waals surface area contributed by atoms with E-state index in [2.05, 4.69) is 35.9 Å². The van der Waals surface area contributed by atoms with E-state index in [9.17, 15) is 0 Å². The Bertz CT molecular complexity index is 708. The van der Waals surface area contributed by atoms with E-state index < -0.39 is 0 Å². The molecule has 0 saturated heterocycles. The normalized spacial score (nSPS) is 10.6. The second-order valence-electron chi connectivity index (χ2n) is 3.94. The van der Waals surface area contributed by atoms with Crippen LogP contribution in [0.25, 0.3) is 22.8 Å². The van der Waals surface area contributed by atoms with Gasteiger partial charge in [0.15, 0.2) is 11.6 Å². The van der Waals surface area contributed by atoms with Crippen molar-refractivity contribution in [2.24, 2.45) is 0 Å². The predicted molar refractivity (Wildman–Crippen MR) is 77.2 cm³/mol. The van der Waals surface area contributed by atoms with Crippen molar-refractivity contribution in [3.8, 4) is 22.8 Å². The van der Waals surface area contributed by atoms with Crippen LogP contribution in [-0.2, 0) is 0 Å². The van der Waals surface area contributed by atoms with Crippen LogP contribution in [-0.4, -0.2) is 19.9 Å². The summed E-state index contributed by atoms with van der Waals surface area (Å²) in [6.07, 6.45) is 3.31. The second kappa shape index (κ2) is 4.81. The summed E-state index contributed by atoms with van der Waals surface area (Å²) in [6, 6.07) is 9.94. The van der Waals surface area contributed by atoms with Gasteiger partial charge in [0.05, 0.1) is 18.1 Å². The number of aromatic nitrogens is 4. The molecule has 0 spiro atoms. The quantitative estimate of drug-likeness (QED) is 0.762. The fraction of sp³-hybridized carbons (Fsp3) is 0. The second-order valence-corrected chi connectivity index (χ2v) is 4.75. The Morgan fingerprint density at radius 2 is 1.84 bits per heavy atom. The van der Waals surface area contributed by atoms with E-state index in [1.165, 1.54) is 0 Å². The van der Waals surface area contributed by atoms with Gasteiger partial charge in [-0.05, 0) is 21.5 Å². The Balaban J connectivity index is 2.04. The minimum Gasteiger partial charge on any atom is -0.382 e. The van der Waals surface area contributed by atoms with E-state index in [4.69, 9.17) is 5.73 Å². The molecular weight excluding hydrogens is 306 g/mol. The highest BCUT2D eigenvalue weighted by Gasteiger charge is 2.11. The molecule has 2 aromatic heterocycles. The fourth-order valence-corrected chi connectivity index (χ4v) is 2.04. The van der Waals surface area contributed by atoms with Crippen LogP contribution in [0.15, 0.2) is 47.3 Å². The lowest BCUT2D eigenvalue weighted by Gasteiger charge is -2.01. The zero-order chi connectivity index (χ0) is 13.2. The molecule has 0 aliphatic rings. The Morgan fingerprint density at radius 1 is 1.05 bits per heavy atom. The number of nitrogen functional groups attached to an aromatic ring is 1. The molecule has 19 heavy (non-hydrogen) atoms. The number of anilines is 1. The number of hydrogen-bond acceptors (Lipinski definition) is 4. The van der Waals surface area contributed by atoms with Gasteiger partial charge in [0.25, 0.3) is 0 Å². The van der Waals surface area contributed by atoms with E-state index in [0.717, 1.165) is 11.3 Å². The Kier molecular flexibility index (Phi) is 3.00. The van der Waals surface area contributed by atoms with Crippen molar-refractivity contribution in [1.29, 1.82) is 0 Å². The molecule has 1 aromatic carbocycles. The van der Waals surface area contributed by atoms with Crippen LogP contribution in [0.3, 0.4) is 0 Å². The highest BCUT2D eigenvalue weighted by molar-refractivity contribution is 9.10. The third kappa shape index (κ3) is 2.34. The minimum absolute atomic E-state index is 0.345. The van der Waals surface area contributed by atoms with Crippen LogP contribution in [0.4, 0.5) is 5.82 Å². The fourth-order valence-electron chi connectivity index (χ4n) is 1.76. The van der Waals surface area contributed by atoms with Crippen LogP contribution < -0.4 is 5.73 Å². The van der Waals surface area contributed by atoms with Gasteiger partial charge in [0, 0.05) is 0 Å². The standard InChI is InChI=1S/C13H10BrN5/c14-10-7-16-12(15)11(19-10)13-17-6-9(18-13)8-4-2-1-3-5-8/h1-7H,(H2,15,16)(H,17,18). The van der Waals surface area contributed by atoms with Crippen molar-refractivity contribution in [3.05, 3.63) is 47.3 Å². The first-order valence-electron chi connectivity index (χ1n) is 5.63. The van der Waals surface area contributed by atoms with E-state index in [1.807, 2.05) is 30.3 Å². The van der Waals surface area contributed by atoms with Gasteiger partial charge in [0.2, 0.25) is 0 Å². The molecule has 0 atom stereocenters. The summed E-state index contributed by atoms with van der Waals surface area (Å²) in [5.74, 6) is 0.947. The summed E-state index contributed by atoms with van der Waals surface area (Å²) in [5, 5.41) is 0. The van der Waals surface area contributed by atoms with Crippen molar-refractivity contribution < 1.29 is 0 Å². The number of H-pyrrole nitrogens is 1. The molecule has 3 rings (SSSR count). The molecule has 0 saturated carbocycles. The van der Waals surface area contributed by atoms with E-state index in [0.29, 0.717) is 21.9 Å². The van der Waals surface area contributed by atoms with E-state index in [-0.39, 0.29) is 0 Å². The molecule has 0 aliphatic carbocycles. The number of halogens is 1. The minimum atomic E-state index is 0.345. The molecule has 3 aromatic rings. The smallest absolute Gasteiger partial charge is 0.160 e. The van der Waals surface area contributed by atoms with Crippen molar-refractivity contribution in [2.75, 3.05) is 5.73 Å². The van der Waals surface area contributed by atoms with Gasteiger partial charge >= 0.3 is 0 Å². The maximum Gasteiger partial charge on any atom is 0.160 e. The first-order chi connectivity index (χ1) is 9.24. The molecule has 0 aliphatic heterocycles. The first kappa shape index (κ1) is 11.9. The molecule has 5 nitrogen and oxygen atoms in total. The maximum atomic E-state index is 5.81. The number of benzene rings is 1. The summed E-state index contributed by atoms with van der Waals surface area (Å²) in [6.45, 7) is 0.